The van der Waals surface area contributed by atoms with Crippen LogP contribution in [0.3, 0.4) is 0 Å². The quantitative estimate of drug-likeness (QED) is 0.840. The first-order valence-electron chi connectivity index (χ1n) is 7.33. The van der Waals surface area contributed by atoms with Crippen molar-refractivity contribution in [3.63, 3.8) is 0 Å². The Morgan fingerprint density at radius 3 is 2.48 bits per heavy atom. The van der Waals surface area contributed by atoms with Crippen LogP contribution in [0.15, 0.2) is 24.3 Å². The number of nitrogens with zero attached hydrogens (tertiary/aromatic N) is 1. The van der Waals surface area contributed by atoms with Gasteiger partial charge >= 0.3 is 6.18 Å². The van der Waals surface area contributed by atoms with Crippen LogP contribution in [0, 0.1) is 0 Å². The van der Waals surface area contributed by atoms with Crippen molar-refractivity contribution in [1.82, 2.24) is 4.90 Å². The third-order valence-corrected chi connectivity index (χ3v) is 5.59. The molecule has 0 spiro atoms. The van der Waals surface area contributed by atoms with Gasteiger partial charge in [-0.2, -0.15) is 13.2 Å². The second kappa shape index (κ2) is 6.51. The molecule has 0 unspecified atom stereocenters. The molecule has 4 nitrogen and oxygen atoms in total. The van der Waals surface area contributed by atoms with E-state index in [0.717, 1.165) is 12.1 Å². The van der Waals surface area contributed by atoms with Crippen molar-refractivity contribution >= 4 is 15.7 Å². The maximum atomic E-state index is 13.1. The Morgan fingerprint density at radius 1 is 1.30 bits per heavy atom. The maximum Gasteiger partial charge on any atom is 0.417 e. The summed E-state index contributed by atoms with van der Waals surface area (Å²) in [5, 5.41) is 0. The smallest absolute Gasteiger partial charge is 0.335 e. The average molecular weight is 349 g/mol. The van der Waals surface area contributed by atoms with Gasteiger partial charge in [-0.3, -0.25) is 4.79 Å². The first-order valence-corrected chi connectivity index (χ1v) is 9.15. The van der Waals surface area contributed by atoms with Crippen LogP contribution in [0.2, 0.25) is 0 Å². The Kier molecular flexibility index (Phi) is 5.03. The van der Waals surface area contributed by atoms with Gasteiger partial charge in [0.15, 0.2) is 9.84 Å². The normalized spacial score (nSPS) is 20.4. The molecular formula is C15H18F3NO3S. The lowest BCUT2D eigenvalue weighted by molar-refractivity contribution is -0.138. The van der Waals surface area contributed by atoms with Crippen LogP contribution in [-0.4, -0.2) is 43.3 Å². The Labute approximate surface area is 133 Å². The van der Waals surface area contributed by atoms with E-state index in [4.69, 9.17) is 0 Å². The lowest BCUT2D eigenvalue weighted by Gasteiger charge is -2.29. The lowest BCUT2D eigenvalue weighted by atomic mass is 10.0. The monoisotopic (exact) mass is 349 g/mol. The molecule has 128 valence electrons. The molecule has 1 heterocycles. The van der Waals surface area contributed by atoms with Gasteiger partial charge in [0.05, 0.1) is 22.6 Å². The lowest BCUT2D eigenvalue weighted by Crippen LogP contribution is -2.42. The zero-order valence-corrected chi connectivity index (χ0v) is 13.5. The maximum absolute atomic E-state index is 13.1. The topological polar surface area (TPSA) is 54.5 Å². The third kappa shape index (κ3) is 4.04. The number of hydrogen-bond donors (Lipinski definition) is 0. The molecule has 1 saturated heterocycles. The van der Waals surface area contributed by atoms with Crippen LogP contribution < -0.4 is 0 Å². The van der Waals surface area contributed by atoms with E-state index in [9.17, 15) is 26.4 Å². The molecule has 2 rings (SSSR count). The van der Waals surface area contributed by atoms with Crippen molar-refractivity contribution in [2.45, 2.75) is 32.0 Å². The molecule has 0 bridgehead atoms. The summed E-state index contributed by atoms with van der Waals surface area (Å²) in [5.41, 5.74) is -1.43. The highest BCUT2D eigenvalue weighted by atomic mass is 32.2. The molecule has 1 aliphatic rings. The van der Waals surface area contributed by atoms with E-state index in [2.05, 4.69) is 0 Å². The Morgan fingerprint density at radius 2 is 1.96 bits per heavy atom. The van der Waals surface area contributed by atoms with Gasteiger partial charge in [-0.05, 0) is 25.0 Å². The minimum Gasteiger partial charge on any atom is -0.335 e. The summed E-state index contributed by atoms with van der Waals surface area (Å²) in [4.78, 5) is 13.9. The van der Waals surface area contributed by atoms with E-state index >= 15 is 0 Å². The van der Waals surface area contributed by atoms with Crippen LogP contribution in [-0.2, 0) is 16.0 Å². The second-order valence-electron chi connectivity index (χ2n) is 5.60. The van der Waals surface area contributed by atoms with Gasteiger partial charge in [-0.1, -0.05) is 19.1 Å². The fraction of sp³-hybridized carbons (Fsp3) is 0.533. The van der Waals surface area contributed by atoms with E-state index in [1.165, 1.54) is 17.0 Å². The van der Waals surface area contributed by atoms with Gasteiger partial charge in [0.2, 0.25) is 0 Å². The Bertz CT molecular complexity index is 685. The summed E-state index contributed by atoms with van der Waals surface area (Å²) in [6.45, 7) is 2.02. The highest BCUT2D eigenvalue weighted by molar-refractivity contribution is 7.91. The largest absolute Gasteiger partial charge is 0.417 e. The molecule has 1 fully saturated rings. The molecule has 0 N–H and O–H groups in total. The number of rotatable bonds is 4. The van der Waals surface area contributed by atoms with E-state index in [-0.39, 0.29) is 24.5 Å². The molecule has 1 amide bonds. The molecule has 0 aliphatic carbocycles. The van der Waals surface area contributed by atoms with Crippen molar-refractivity contribution in [2.75, 3.05) is 18.1 Å². The SMILES string of the molecule is CCCN(C(=O)c1ccccc1C(F)(F)F)[C@H]1CCS(=O)(=O)C1. The van der Waals surface area contributed by atoms with Gasteiger partial charge in [0, 0.05) is 12.6 Å². The van der Waals surface area contributed by atoms with E-state index in [1.54, 1.807) is 6.92 Å². The van der Waals surface area contributed by atoms with Gasteiger partial charge < -0.3 is 4.90 Å². The number of hydrogen-bond acceptors (Lipinski definition) is 3. The molecule has 1 aromatic rings. The Balaban J connectivity index is 2.36. The van der Waals surface area contributed by atoms with Crippen molar-refractivity contribution in [1.29, 1.82) is 0 Å². The zero-order chi connectivity index (χ0) is 17.3. The predicted octanol–water partition coefficient (Wildman–Crippen LogP) is 2.74. The summed E-state index contributed by atoms with van der Waals surface area (Å²) in [7, 11) is -3.23. The Hall–Kier alpha value is -1.57. The number of alkyl halides is 3. The van der Waals surface area contributed by atoms with Crippen LogP contribution in [0.5, 0.6) is 0 Å². The fourth-order valence-corrected chi connectivity index (χ4v) is 4.51. The minimum absolute atomic E-state index is 0.0356. The van der Waals surface area contributed by atoms with Gasteiger partial charge in [-0.15, -0.1) is 0 Å². The van der Waals surface area contributed by atoms with E-state index in [0.29, 0.717) is 6.42 Å². The summed E-state index contributed by atoms with van der Waals surface area (Å²) < 4.78 is 62.5. The van der Waals surface area contributed by atoms with Gasteiger partial charge in [-0.25, -0.2) is 8.42 Å². The van der Waals surface area contributed by atoms with E-state index < -0.39 is 39.1 Å². The van der Waals surface area contributed by atoms with Gasteiger partial charge in [0.1, 0.15) is 0 Å². The molecule has 1 aromatic carbocycles. The summed E-state index contributed by atoms with van der Waals surface area (Å²) in [6, 6.07) is 4.04. The molecule has 23 heavy (non-hydrogen) atoms. The molecule has 8 heteroatoms. The van der Waals surface area contributed by atoms with Crippen LogP contribution >= 0.6 is 0 Å². The summed E-state index contributed by atoms with van der Waals surface area (Å²) in [6.07, 6.45) is -3.83. The predicted molar refractivity (Wildman–Crippen MR) is 79.8 cm³/mol. The second-order valence-corrected chi connectivity index (χ2v) is 7.83. The fourth-order valence-electron chi connectivity index (χ4n) is 2.78. The van der Waals surface area contributed by atoms with Crippen molar-refractivity contribution in [2.24, 2.45) is 0 Å². The number of halogens is 3. The zero-order valence-electron chi connectivity index (χ0n) is 12.6. The van der Waals surface area contributed by atoms with Crippen LogP contribution in [0.25, 0.3) is 0 Å². The number of carbonyl (C=O) groups is 1. The number of sulfone groups is 1. The number of amides is 1. The highest BCUT2D eigenvalue weighted by Crippen LogP contribution is 2.33. The van der Waals surface area contributed by atoms with Crippen molar-refractivity contribution in [3.05, 3.63) is 35.4 Å². The average Bonchev–Trinajstić information content (AvgIpc) is 2.83. The van der Waals surface area contributed by atoms with Crippen LogP contribution in [0.4, 0.5) is 13.2 Å². The molecule has 1 aliphatic heterocycles. The standard InChI is InChI=1S/C15H18F3NO3S/c1-2-8-19(11-7-9-23(21,22)10-11)14(20)12-5-3-4-6-13(12)15(16,17)18/h3-6,11H,2,7-10H2,1H3/t11-/m0/s1. The molecular weight excluding hydrogens is 331 g/mol. The van der Waals surface area contributed by atoms with Gasteiger partial charge in [0.25, 0.3) is 5.91 Å². The molecule has 0 saturated carbocycles. The first-order chi connectivity index (χ1) is 10.7. The molecule has 0 aromatic heterocycles. The summed E-state index contributed by atoms with van der Waals surface area (Å²) >= 11 is 0. The summed E-state index contributed by atoms with van der Waals surface area (Å²) in [5.74, 6) is -0.985. The third-order valence-electron chi connectivity index (χ3n) is 3.84. The van der Waals surface area contributed by atoms with Crippen molar-refractivity contribution in [3.8, 4) is 0 Å². The molecule has 0 radical (unpaired) electrons. The number of carbonyl (C=O) groups excluding carboxylic acids is 1. The minimum atomic E-state index is -4.63. The van der Waals surface area contributed by atoms with Crippen LogP contribution in [0.1, 0.15) is 35.7 Å². The van der Waals surface area contributed by atoms with Crippen molar-refractivity contribution < 1.29 is 26.4 Å². The molecule has 1 atom stereocenters. The first kappa shape index (κ1) is 17.8. The highest BCUT2D eigenvalue weighted by Gasteiger charge is 2.39. The number of benzene rings is 1. The van der Waals surface area contributed by atoms with E-state index in [1.807, 2.05) is 0 Å².